The molecule has 0 radical (unpaired) electrons. The maximum atomic E-state index is 11.3. The molecule has 0 bridgehead atoms. The molecule has 0 spiro atoms. The summed E-state index contributed by atoms with van der Waals surface area (Å²) in [6, 6.07) is 11.9. The molecule has 0 unspecified atom stereocenters. The first-order valence-electron chi connectivity index (χ1n) is 7.78. The van der Waals surface area contributed by atoms with Gasteiger partial charge in [0.1, 0.15) is 0 Å². The van der Waals surface area contributed by atoms with Crippen molar-refractivity contribution in [3.05, 3.63) is 79.4 Å². The van der Waals surface area contributed by atoms with Crippen LogP contribution in [0.2, 0.25) is 0 Å². The van der Waals surface area contributed by atoms with Gasteiger partial charge in [0.15, 0.2) is 0 Å². The Morgan fingerprint density at radius 1 is 1.12 bits per heavy atom. The Labute approximate surface area is 138 Å². The first-order chi connectivity index (χ1) is 11.6. The summed E-state index contributed by atoms with van der Waals surface area (Å²) in [4.78, 5) is 21.5. The third-order valence-electron chi connectivity index (χ3n) is 4.31. The topological polar surface area (TPSA) is 98.3 Å². The van der Waals surface area contributed by atoms with Gasteiger partial charge >= 0.3 is 0 Å². The van der Waals surface area contributed by atoms with Crippen LogP contribution in [0.5, 0.6) is 0 Å². The van der Waals surface area contributed by atoms with Gasteiger partial charge in [-0.1, -0.05) is 30.3 Å². The minimum absolute atomic E-state index is 0.0832. The van der Waals surface area contributed by atoms with E-state index in [9.17, 15) is 20.2 Å². The Morgan fingerprint density at radius 3 is 2.67 bits per heavy atom. The van der Waals surface area contributed by atoms with Crippen LogP contribution in [0.4, 0.5) is 11.4 Å². The van der Waals surface area contributed by atoms with E-state index in [2.05, 4.69) is 5.32 Å². The van der Waals surface area contributed by atoms with Crippen molar-refractivity contribution in [2.75, 3.05) is 18.4 Å². The summed E-state index contributed by atoms with van der Waals surface area (Å²) < 4.78 is 0. The quantitative estimate of drug-likeness (QED) is 0.670. The molecular weight excluding hydrogens is 310 g/mol. The van der Waals surface area contributed by atoms with Crippen LogP contribution in [0, 0.1) is 20.2 Å². The Hall–Kier alpha value is -2.96. The number of aryl methyl sites for hydroxylation is 1. The molecule has 124 valence electrons. The highest BCUT2D eigenvalue weighted by Crippen LogP contribution is 2.34. The predicted molar refractivity (Wildman–Crippen MR) is 90.1 cm³/mol. The number of anilines is 1. The summed E-state index contributed by atoms with van der Waals surface area (Å²) in [5, 5.41) is 25.7. The first-order valence-corrected chi connectivity index (χ1v) is 7.78. The number of nitro benzene ring substituents is 1. The number of para-hydroxylation sites is 1. The van der Waals surface area contributed by atoms with Gasteiger partial charge in [-0.2, -0.15) is 0 Å². The van der Waals surface area contributed by atoms with Crippen LogP contribution in [0.15, 0.2) is 42.5 Å². The van der Waals surface area contributed by atoms with Gasteiger partial charge in [-0.15, -0.1) is 0 Å². The maximum absolute atomic E-state index is 11.3. The molecule has 0 aliphatic carbocycles. The number of hydrogen-bond donors (Lipinski definition) is 1. The van der Waals surface area contributed by atoms with Crippen molar-refractivity contribution in [3.63, 3.8) is 0 Å². The lowest BCUT2D eigenvalue weighted by Crippen LogP contribution is -2.17. The van der Waals surface area contributed by atoms with Crippen molar-refractivity contribution in [3.8, 4) is 0 Å². The third kappa shape index (κ3) is 3.19. The normalized spacial score (nSPS) is 14.3. The lowest BCUT2D eigenvalue weighted by molar-refractivity contribution is -0.482. The lowest BCUT2D eigenvalue weighted by Gasteiger charge is -2.21. The number of nitrogens with one attached hydrogen (secondary N) is 1. The summed E-state index contributed by atoms with van der Waals surface area (Å²) in [6.45, 7) is 0.534. The van der Waals surface area contributed by atoms with Crippen LogP contribution in [0.1, 0.15) is 29.0 Å². The van der Waals surface area contributed by atoms with Gasteiger partial charge in [-0.25, -0.2) is 0 Å². The molecule has 24 heavy (non-hydrogen) atoms. The van der Waals surface area contributed by atoms with Crippen molar-refractivity contribution in [2.24, 2.45) is 0 Å². The number of fused-ring (bicyclic) bond motifs is 1. The van der Waals surface area contributed by atoms with E-state index < -0.39 is 15.8 Å². The van der Waals surface area contributed by atoms with E-state index in [4.69, 9.17) is 0 Å². The molecule has 0 saturated heterocycles. The van der Waals surface area contributed by atoms with E-state index >= 15 is 0 Å². The SMILES string of the molecule is O=[N+]([O-])C[C@H](c1ccc2c(c1)CCCN2)c1ccccc1[N+](=O)[O-]. The molecule has 1 N–H and O–H groups in total. The minimum atomic E-state index is -0.645. The molecule has 1 aliphatic rings. The van der Waals surface area contributed by atoms with E-state index in [0.717, 1.165) is 36.2 Å². The lowest BCUT2D eigenvalue weighted by atomic mass is 9.88. The highest BCUT2D eigenvalue weighted by atomic mass is 16.6. The van der Waals surface area contributed by atoms with Gasteiger partial charge in [0.05, 0.1) is 10.8 Å². The second kappa shape index (κ2) is 6.66. The smallest absolute Gasteiger partial charge is 0.273 e. The largest absolute Gasteiger partial charge is 0.385 e. The average Bonchev–Trinajstić information content (AvgIpc) is 2.59. The molecular formula is C17H17N3O4. The highest BCUT2D eigenvalue weighted by Gasteiger charge is 2.28. The van der Waals surface area contributed by atoms with Crippen molar-refractivity contribution in [1.82, 2.24) is 0 Å². The standard InChI is InChI=1S/C17H17N3O4/c21-19(22)11-15(14-5-1-2-6-17(14)20(23)24)12-7-8-16-13(10-12)4-3-9-18-16/h1-2,5-8,10,15,18H,3-4,9,11H2/t15-/m1/s1. The first kappa shape index (κ1) is 15.9. The van der Waals surface area contributed by atoms with Crippen molar-refractivity contribution in [1.29, 1.82) is 0 Å². The second-order valence-electron chi connectivity index (χ2n) is 5.83. The van der Waals surface area contributed by atoms with Gasteiger partial charge in [0.25, 0.3) is 5.69 Å². The molecule has 0 saturated carbocycles. The third-order valence-corrected chi connectivity index (χ3v) is 4.31. The van der Waals surface area contributed by atoms with Crippen LogP contribution >= 0.6 is 0 Å². The molecule has 0 aromatic heterocycles. The zero-order chi connectivity index (χ0) is 17.1. The fourth-order valence-electron chi connectivity index (χ4n) is 3.19. The summed E-state index contributed by atoms with van der Waals surface area (Å²) in [5.41, 5.74) is 3.17. The van der Waals surface area contributed by atoms with Crippen LogP contribution in [-0.2, 0) is 6.42 Å². The van der Waals surface area contributed by atoms with Crippen molar-refractivity contribution < 1.29 is 9.85 Å². The molecule has 3 rings (SSSR count). The van der Waals surface area contributed by atoms with Crippen molar-refractivity contribution in [2.45, 2.75) is 18.8 Å². The summed E-state index contributed by atoms with van der Waals surface area (Å²) in [7, 11) is 0. The average molecular weight is 327 g/mol. The Kier molecular flexibility index (Phi) is 4.41. The fourth-order valence-corrected chi connectivity index (χ4v) is 3.19. The van der Waals surface area contributed by atoms with Crippen LogP contribution in [0.3, 0.4) is 0 Å². The van der Waals surface area contributed by atoms with E-state index in [-0.39, 0.29) is 12.2 Å². The van der Waals surface area contributed by atoms with E-state index in [0.29, 0.717) is 5.56 Å². The number of nitro groups is 2. The molecule has 2 aromatic rings. The second-order valence-corrected chi connectivity index (χ2v) is 5.83. The molecule has 7 heteroatoms. The molecule has 1 aliphatic heterocycles. The van der Waals surface area contributed by atoms with E-state index in [1.165, 1.54) is 6.07 Å². The maximum Gasteiger partial charge on any atom is 0.273 e. The minimum Gasteiger partial charge on any atom is -0.385 e. The molecule has 1 atom stereocenters. The van der Waals surface area contributed by atoms with E-state index in [1.54, 1.807) is 18.2 Å². The van der Waals surface area contributed by atoms with Gasteiger partial charge in [-0.05, 0) is 30.0 Å². The Morgan fingerprint density at radius 2 is 1.92 bits per heavy atom. The summed E-state index contributed by atoms with van der Waals surface area (Å²) >= 11 is 0. The molecule has 0 amide bonds. The predicted octanol–water partition coefficient (Wildman–Crippen LogP) is 3.36. The summed E-state index contributed by atoms with van der Waals surface area (Å²) in [6.07, 6.45) is 1.90. The van der Waals surface area contributed by atoms with Crippen molar-refractivity contribution >= 4 is 11.4 Å². The number of hydrogen-bond acceptors (Lipinski definition) is 5. The highest BCUT2D eigenvalue weighted by molar-refractivity contribution is 5.56. The molecule has 2 aromatic carbocycles. The van der Waals surface area contributed by atoms with Gasteiger partial charge in [0, 0.05) is 28.8 Å². The fraction of sp³-hybridized carbons (Fsp3) is 0.294. The summed E-state index contributed by atoms with van der Waals surface area (Å²) in [5.74, 6) is -0.645. The zero-order valence-electron chi connectivity index (χ0n) is 13.0. The van der Waals surface area contributed by atoms with E-state index in [1.807, 2.05) is 18.2 Å². The van der Waals surface area contributed by atoms with Gasteiger partial charge < -0.3 is 5.32 Å². The van der Waals surface area contributed by atoms with Crippen LogP contribution < -0.4 is 5.32 Å². The Balaban J connectivity index is 2.07. The monoisotopic (exact) mass is 327 g/mol. The number of rotatable bonds is 5. The van der Waals surface area contributed by atoms with Gasteiger partial charge in [-0.3, -0.25) is 20.2 Å². The molecule has 0 fully saturated rings. The molecule has 7 nitrogen and oxygen atoms in total. The number of benzene rings is 2. The van der Waals surface area contributed by atoms with Crippen LogP contribution in [0.25, 0.3) is 0 Å². The van der Waals surface area contributed by atoms with Crippen LogP contribution in [-0.4, -0.2) is 22.9 Å². The molecule has 1 heterocycles. The Bertz CT molecular complexity index is 791. The van der Waals surface area contributed by atoms with Gasteiger partial charge in [0.2, 0.25) is 6.54 Å². The number of nitrogens with zero attached hydrogens (tertiary/aromatic N) is 2. The zero-order valence-corrected chi connectivity index (χ0v) is 13.0.